The lowest BCUT2D eigenvalue weighted by molar-refractivity contribution is -0.161. The number of aliphatic hydroxyl groups excluding tert-OH is 1. The number of hydrogen-bond acceptors (Lipinski definition) is 7. The number of rotatable bonds is 6. The van der Waals surface area contributed by atoms with Crippen molar-refractivity contribution in [2.24, 2.45) is 11.8 Å². The summed E-state index contributed by atoms with van der Waals surface area (Å²) in [5.41, 5.74) is 0. The van der Waals surface area contributed by atoms with Crippen LogP contribution in [0, 0.1) is 11.8 Å². The Morgan fingerprint density at radius 1 is 1.41 bits per heavy atom. The second kappa shape index (κ2) is 6.99. The fourth-order valence-electron chi connectivity index (χ4n) is 4.38. The van der Waals surface area contributed by atoms with Gasteiger partial charge in [-0.2, -0.15) is 0 Å². The minimum Gasteiger partial charge on any atom is -0.449 e. The molecular formula is C17H23N3O6S. The third-order valence-electron chi connectivity index (χ3n) is 5.78. The Bertz CT molecular complexity index is 711. The van der Waals surface area contributed by atoms with Gasteiger partial charge in [-0.1, -0.05) is 0 Å². The van der Waals surface area contributed by atoms with Crippen molar-refractivity contribution in [1.29, 1.82) is 0 Å². The van der Waals surface area contributed by atoms with Crippen LogP contribution in [-0.2, 0) is 14.3 Å². The molecule has 0 bridgehead atoms. The quantitative estimate of drug-likeness (QED) is 0.366. The number of amides is 2. The second-order valence-electron chi connectivity index (χ2n) is 7.60. The lowest BCUT2D eigenvalue weighted by atomic mass is 9.84. The van der Waals surface area contributed by atoms with E-state index in [1.54, 1.807) is 6.92 Å². The molecule has 0 aromatic carbocycles. The summed E-state index contributed by atoms with van der Waals surface area (Å²) in [4.78, 5) is 36.9. The second-order valence-corrected chi connectivity index (χ2v) is 9.00. The Labute approximate surface area is 160 Å². The zero-order chi connectivity index (χ0) is 19.3. The average Bonchev–Trinajstić information content (AvgIpc) is 3.13. The molecule has 3 fully saturated rings. The first kappa shape index (κ1) is 18.6. The van der Waals surface area contributed by atoms with Crippen molar-refractivity contribution < 1.29 is 29.3 Å². The van der Waals surface area contributed by atoms with E-state index in [0.717, 1.165) is 30.8 Å². The Kier molecular flexibility index (Phi) is 4.81. The van der Waals surface area contributed by atoms with Gasteiger partial charge in [0.1, 0.15) is 0 Å². The number of hydrogen-bond donors (Lipinski definition) is 4. The first-order valence-electron chi connectivity index (χ1n) is 9.18. The molecule has 4 aliphatic rings. The van der Waals surface area contributed by atoms with Gasteiger partial charge in [-0.05, 0) is 19.8 Å². The first-order valence-corrected chi connectivity index (χ1v) is 10.1. The van der Waals surface area contributed by atoms with Gasteiger partial charge in [0.25, 0.3) is 0 Å². The van der Waals surface area contributed by atoms with Crippen LogP contribution in [0.2, 0.25) is 0 Å². The van der Waals surface area contributed by atoms with Gasteiger partial charge in [0.2, 0.25) is 17.7 Å². The average molecular weight is 397 g/mol. The topological polar surface area (TPSA) is 128 Å². The highest BCUT2D eigenvalue weighted by Gasteiger charge is 2.57. The monoisotopic (exact) mass is 397 g/mol. The first-order chi connectivity index (χ1) is 12.8. The van der Waals surface area contributed by atoms with E-state index in [2.05, 4.69) is 10.6 Å². The smallest absolute Gasteiger partial charge is 0.449 e. The van der Waals surface area contributed by atoms with Crippen molar-refractivity contribution in [3.63, 3.8) is 0 Å². The van der Waals surface area contributed by atoms with Gasteiger partial charge in [0.05, 0.1) is 24.0 Å². The van der Waals surface area contributed by atoms with Gasteiger partial charge in [0, 0.05) is 35.7 Å². The minimum absolute atomic E-state index is 0.0780. The third kappa shape index (κ3) is 3.30. The summed E-state index contributed by atoms with van der Waals surface area (Å²) < 4.78 is 4.92. The molecule has 27 heavy (non-hydrogen) atoms. The van der Waals surface area contributed by atoms with Crippen molar-refractivity contribution in [2.75, 3.05) is 13.1 Å². The summed E-state index contributed by atoms with van der Waals surface area (Å²) in [6.07, 6.45) is -0.0502. The molecule has 0 aliphatic carbocycles. The molecule has 0 spiro atoms. The number of β-lactam (4-membered cyclic amide) rings is 2. The minimum atomic E-state index is -1.45. The molecule has 0 radical (unpaired) electrons. The van der Waals surface area contributed by atoms with E-state index in [1.165, 1.54) is 16.7 Å². The van der Waals surface area contributed by atoms with Crippen LogP contribution < -0.4 is 10.6 Å². The van der Waals surface area contributed by atoms with Gasteiger partial charge >= 0.3 is 6.16 Å². The van der Waals surface area contributed by atoms with E-state index in [1.807, 2.05) is 0 Å². The van der Waals surface area contributed by atoms with E-state index < -0.39 is 18.2 Å². The molecule has 6 atom stereocenters. The van der Waals surface area contributed by atoms with Gasteiger partial charge in [-0.15, -0.1) is 11.8 Å². The molecule has 10 heteroatoms. The maximum atomic E-state index is 12.3. The van der Waals surface area contributed by atoms with Crippen LogP contribution in [0.1, 0.15) is 26.2 Å². The van der Waals surface area contributed by atoms with E-state index in [-0.39, 0.29) is 40.9 Å². The van der Waals surface area contributed by atoms with E-state index in [9.17, 15) is 19.5 Å². The fraction of sp³-hybridized carbons (Fsp3) is 0.706. The van der Waals surface area contributed by atoms with Gasteiger partial charge in [0.15, 0.2) is 0 Å². The van der Waals surface area contributed by atoms with Crippen LogP contribution in [0.15, 0.2) is 10.8 Å². The predicted molar refractivity (Wildman–Crippen MR) is 95.5 cm³/mol. The summed E-state index contributed by atoms with van der Waals surface area (Å²) in [5, 5.41) is 25.3. The number of carbonyl (C=O) groups is 3. The number of ether oxygens (including phenoxy) is 1. The Morgan fingerprint density at radius 2 is 2.19 bits per heavy atom. The van der Waals surface area contributed by atoms with Crippen molar-refractivity contribution >= 4 is 29.7 Å². The molecule has 2 amide bonds. The summed E-state index contributed by atoms with van der Waals surface area (Å²) >= 11 is 1.54. The SMILES string of the molecule is C[C@@H](O)[C@H]1C(=O)N2C(OC(=O)O)=C(S[C@@H]3CN[C@H](CC4CNC4=O)C3)C[C@H]12. The predicted octanol–water partition coefficient (Wildman–Crippen LogP) is 0.0614. The summed E-state index contributed by atoms with van der Waals surface area (Å²) in [6, 6.07) is 0.0199. The van der Waals surface area contributed by atoms with Crippen LogP contribution in [0.3, 0.4) is 0 Å². The van der Waals surface area contributed by atoms with E-state index >= 15 is 0 Å². The molecule has 0 saturated carbocycles. The van der Waals surface area contributed by atoms with E-state index in [0.29, 0.717) is 6.42 Å². The number of aliphatic hydroxyl groups is 1. The van der Waals surface area contributed by atoms with Crippen LogP contribution >= 0.6 is 11.8 Å². The number of nitrogens with one attached hydrogen (secondary N) is 2. The highest BCUT2D eigenvalue weighted by Crippen LogP contribution is 2.49. The maximum Gasteiger partial charge on any atom is 0.512 e. The van der Waals surface area contributed by atoms with Gasteiger partial charge < -0.3 is 25.6 Å². The molecule has 0 aromatic heterocycles. The lowest BCUT2D eigenvalue weighted by Gasteiger charge is -2.44. The van der Waals surface area contributed by atoms with Crippen LogP contribution in [0.4, 0.5) is 4.79 Å². The molecule has 4 heterocycles. The lowest BCUT2D eigenvalue weighted by Crippen LogP contribution is -2.61. The molecular weight excluding hydrogens is 374 g/mol. The number of fused-ring (bicyclic) bond motifs is 1. The summed E-state index contributed by atoms with van der Waals surface area (Å²) in [7, 11) is 0. The highest BCUT2D eigenvalue weighted by atomic mass is 32.2. The molecule has 4 aliphatic heterocycles. The largest absolute Gasteiger partial charge is 0.512 e. The summed E-state index contributed by atoms with van der Waals surface area (Å²) in [5.74, 6) is -0.520. The molecule has 1 unspecified atom stereocenters. The number of carbonyl (C=O) groups excluding carboxylic acids is 2. The zero-order valence-corrected chi connectivity index (χ0v) is 15.7. The van der Waals surface area contributed by atoms with Crippen molar-refractivity contribution in [3.8, 4) is 0 Å². The van der Waals surface area contributed by atoms with Crippen LogP contribution in [-0.4, -0.2) is 69.6 Å². The number of nitrogens with zero attached hydrogens (tertiary/aromatic N) is 1. The number of thioether (sulfide) groups is 1. The zero-order valence-electron chi connectivity index (χ0n) is 14.9. The molecule has 9 nitrogen and oxygen atoms in total. The van der Waals surface area contributed by atoms with Crippen molar-refractivity contribution in [1.82, 2.24) is 15.5 Å². The third-order valence-corrected chi connectivity index (χ3v) is 7.10. The van der Waals surface area contributed by atoms with Crippen molar-refractivity contribution in [2.45, 2.75) is 49.6 Å². The number of carboxylic acid groups (broad SMARTS) is 1. The molecule has 3 saturated heterocycles. The van der Waals surface area contributed by atoms with Crippen LogP contribution in [0.5, 0.6) is 0 Å². The fourth-order valence-corrected chi connectivity index (χ4v) is 5.80. The summed E-state index contributed by atoms with van der Waals surface area (Å²) in [6.45, 7) is 3.06. The standard InChI is InChI=1S/C17H23N3O6S/c1-7(21)13-11-4-12(16(26-17(24)25)20(11)15(13)23)27-10-3-9(18-6-10)2-8-5-19-14(8)22/h7-11,13,18,21H,2-6H2,1H3,(H,19,22)(H,24,25)/t7-,8?,9-,10+,11-,13-/m1/s1. The molecule has 4 rings (SSSR count). The molecule has 4 N–H and O–H groups in total. The normalized spacial score (nSPS) is 36.1. The van der Waals surface area contributed by atoms with Gasteiger partial charge in [-0.3, -0.25) is 14.5 Å². The maximum absolute atomic E-state index is 12.3. The van der Waals surface area contributed by atoms with Crippen LogP contribution in [0.25, 0.3) is 0 Å². The Balaban J connectivity index is 1.41. The highest BCUT2D eigenvalue weighted by molar-refractivity contribution is 8.03. The molecule has 0 aromatic rings. The Morgan fingerprint density at radius 3 is 2.78 bits per heavy atom. The Hall–Kier alpha value is -1.78. The molecule has 148 valence electrons. The van der Waals surface area contributed by atoms with Gasteiger partial charge in [-0.25, -0.2) is 4.79 Å². The van der Waals surface area contributed by atoms with Crippen molar-refractivity contribution in [3.05, 3.63) is 10.8 Å². The van der Waals surface area contributed by atoms with E-state index in [4.69, 9.17) is 9.84 Å².